The van der Waals surface area contributed by atoms with E-state index in [1.165, 1.54) is 0 Å². The molecule has 1 rings (SSSR count). The van der Waals surface area contributed by atoms with Crippen LogP contribution in [0.5, 0.6) is 0 Å². The summed E-state index contributed by atoms with van der Waals surface area (Å²) in [5, 5.41) is 11.5. The van der Waals surface area contributed by atoms with E-state index in [1.807, 2.05) is 6.92 Å². The van der Waals surface area contributed by atoms with Gasteiger partial charge in [0, 0.05) is 0 Å². The summed E-state index contributed by atoms with van der Waals surface area (Å²) in [5.74, 6) is 0.945. The fraction of sp³-hybridized carbons (Fsp3) is 1.00. The van der Waals surface area contributed by atoms with Crippen LogP contribution in [0, 0.1) is 0 Å². The molecule has 0 spiro atoms. The van der Waals surface area contributed by atoms with Gasteiger partial charge in [-0.05, 0) is 45.9 Å². The van der Waals surface area contributed by atoms with Crippen LogP contribution in [0.15, 0.2) is 0 Å². The van der Waals surface area contributed by atoms with Crippen molar-refractivity contribution in [3.8, 4) is 0 Å². The van der Waals surface area contributed by atoms with Gasteiger partial charge in [0.1, 0.15) is 23.7 Å². The largest absolute Gasteiger partial charge is 0.408 e. The number of hydrogen-bond donors (Lipinski definition) is 1. The van der Waals surface area contributed by atoms with Crippen molar-refractivity contribution in [1.29, 1.82) is 0 Å². The Bertz CT molecular complexity index is 539. The van der Waals surface area contributed by atoms with E-state index in [2.05, 4.69) is 90.0 Å². The molecule has 1 aliphatic rings. The van der Waals surface area contributed by atoms with Crippen LogP contribution >= 0.6 is 11.8 Å². The SMILES string of the molecule is CCS[C@H]1OC(C)[C@@H](O)C(O[Si](C(C)C)(C(C)C)C(C)C)[C@@H]1O[Si](C(C)C)(C(C)C)C(C)C. The topological polar surface area (TPSA) is 47.9 Å². The van der Waals surface area contributed by atoms with Crippen molar-refractivity contribution in [2.75, 3.05) is 5.75 Å². The molecule has 0 aromatic heterocycles. The molecule has 1 heterocycles. The van der Waals surface area contributed by atoms with Gasteiger partial charge in [-0.2, -0.15) is 0 Å². The molecule has 4 nitrogen and oxygen atoms in total. The van der Waals surface area contributed by atoms with Crippen LogP contribution < -0.4 is 0 Å². The van der Waals surface area contributed by atoms with Crippen LogP contribution in [0.2, 0.25) is 33.2 Å². The molecular formula is C26H56O4SSi2. The summed E-state index contributed by atoms with van der Waals surface area (Å²) in [6, 6.07) is 0. The Morgan fingerprint density at radius 3 is 1.33 bits per heavy atom. The van der Waals surface area contributed by atoms with Gasteiger partial charge in [-0.25, -0.2) is 0 Å². The van der Waals surface area contributed by atoms with E-state index in [9.17, 15) is 5.11 Å². The summed E-state index contributed by atoms with van der Waals surface area (Å²) in [5.41, 5.74) is 2.60. The Labute approximate surface area is 212 Å². The first-order valence-corrected chi connectivity index (χ1v) is 18.7. The van der Waals surface area contributed by atoms with Crippen molar-refractivity contribution >= 4 is 28.4 Å². The third-order valence-electron chi connectivity index (χ3n) is 8.18. The summed E-state index contributed by atoms with van der Waals surface area (Å²) < 4.78 is 21.1. The maximum absolute atomic E-state index is 11.5. The van der Waals surface area contributed by atoms with Crippen LogP contribution in [0.3, 0.4) is 0 Å². The van der Waals surface area contributed by atoms with Gasteiger partial charge < -0.3 is 18.7 Å². The van der Waals surface area contributed by atoms with E-state index < -0.39 is 22.7 Å². The third kappa shape index (κ3) is 6.31. The van der Waals surface area contributed by atoms with E-state index in [1.54, 1.807) is 11.8 Å². The first-order chi connectivity index (χ1) is 15.1. The fourth-order valence-electron chi connectivity index (χ4n) is 6.83. The fourth-order valence-corrected chi connectivity index (χ4v) is 19.0. The second-order valence-corrected chi connectivity index (χ2v) is 24.1. The summed E-state index contributed by atoms with van der Waals surface area (Å²) in [7, 11) is -4.43. The highest BCUT2D eigenvalue weighted by Crippen LogP contribution is 2.49. The van der Waals surface area contributed by atoms with E-state index in [0.717, 1.165) is 5.75 Å². The minimum Gasteiger partial charge on any atom is -0.408 e. The third-order valence-corrected chi connectivity index (χ3v) is 21.4. The van der Waals surface area contributed by atoms with Gasteiger partial charge in [0.2, 0.25) is 16.6 Å². The number of aliphatic hydroxyl groups excluding tert-OH is 1. The molecule has 7 heteroatoms. The monoisotopic (exact) mass is 520 g/mol. The minimum absolute atomic E-state index is 0.125. The number of rotatable bonds is 12. The molecule has 0 bridgehead atoms. The molecule has 198 valence electrons. The minimum atomic E-state index is -2.23. The molecule has 0 aliphatic carbocycles. The second-order valence-electron chi connectivity index (χ2n) is 12.0. The lowest BCUT2D eigenvalue weighted by Crippen LogP contribution is -2.66. The van der Waals surface area contributed by atoms with Gasteiger partial charge in [-0.15, -0.1) is 11.8 Å². The van der Waals surface area contributed by atoms with E-state index in [4.69, 9.17) is 13.6 Å². The molecule has 1 N–H and O–H groups in total. The lowest BCUT2D eigenvalue weighted by Gasteiger charge is -2.54. The highest BCUT2D eigenvalue weighted by Gasteiger charge is 2.56. The first kappa shape index (κ1) is 31.7. The average Bonchev–Trinajstić information content (AvgIpc) is 2.67. The van der Waals surface area contributed by atoms with Crippen molar-refractivity contribution in [3.05, 3.63) is 0 Å². The molecule has 1 saturated heterocycles. The standard InChI is InChI=1S/C26H56O4SSi2/c1-15-31-26-25(30-33(19(8)9,20(10)11)21(12)13)24(23(27)22(14)28-26)29-32(16(2)3,17(4)5)18(6)7/h16-27H,15H2,1-14H3/t22?,23-,24?,25+,26-/m1/s1. The van der Waals surface area contributed by atoms with Crippen LogP contribution in [0.4, 0.5) is 0 Å². The summed E-state index contributed by atoms with van der Waals surface area (Å²) in [4.78, 5) is 0. The maximum atomic E-state index is 11.5. The number of aliphatic hydroxyl groups is 1. The average molecular weight is 521 g/mol. The first-order valence-electron chi connectivity index (χ1n) is 13.4. The Kier molecular flexibility index (Phi) is 12.2. The van der Waals surface area contributed by atoms with E-state index >= 15 is 0 Å². The van der Waals surface area contributed by atoms with Gasteiger partial charge in [0.15, 0.2) is 0 Å². The van der Waals surface area contributed by atoms with Crippen molar-refractivity contribution < 1.29 is 18.7 Å². The molecule has 0 aromatic rings. The predicted molar refractivity (Wildman–Crippen MR) is 150 cm³/mol. The molecule has 1 fully saturated rings. The Morgan fingerprint density at radius 2 is 1.03 bits per heavy atom. The molecular weight excluding hydrogens is 465 g/mol. The van der Waals surface area contributed by atoms with Gasteiger partial charge >= 0.3 is 0 Å². The predicted octanol–water partition coefficient (Wildman–Crippen LogP) is 7.97. The van der Waals surface area contributed by atoms with Crippen molar-refractivity contribution in [2.45, 2.75) is 160 Å². The smallest absolute Gasteiger partial charge is 0.201 e. The summed E-state index contributed by atoms with van der Waals surface area (Å²) in [6.45, 7) is 32.0. The maximum Gasteiger partial charge on any atom is 0.201 e. The molecule has 1 aliphatic heterocycles. The number of ether oxygens (including phenoxy) is 1. The molecule has 0 saturated carbocycles. The lowest BCUT2D eigenvalue weighted by atomic mass is 10.0. The highest BCUT2D eigenvalue weighted by atomic mass is 32.2. The van der Waals surface area contributed by atoms with E-state index in [0.29, 0.717) is 33.2 Å². The molecule has 0 aromatic carbocycles. The van der Waals surface area contributed by atoms with Crippen LogP contribution in [-0.4, -0.2) is 57.3 Å². The van der Waals surface area contributed by atoms with Gasteiger partial charge in [-0.1, -0.05) is 90.0 Å². The summed E-state index contributed by atoms with van der Waals surface area (Å²) >= 11 is 1.80. The zero-order chi connectivity index (χ0) is 25.9. The van der Waals surface area contributed by atoms with Crippen molar-refractivity contribution in [2.24, 2.45) is 0 Å². The Hall–Kier alpha value is 0.624. The normalized spacial score (nSPS) is 27.7. The number of thioether (sulfide) groups is 1. The molecule has 0 radical (unpaired) electrons. The molecule has 0 amide bonds. The molecule has 33 heavy (non-hydrogen) atoms. The Balaban J connectivity index is 3.66. The van der Waals surface area contributed by atoms with Gasteiger partial charge in [-0.3, -0.25) is 0 Å². The lowest BCUT2D eigenvalue weighted by molar-refractivity contribution is -0.184. The van der Waals surface area contributed by atoms with Crippen molar-refractivity contribution in [3.63, 3.8) is 0 Å². The quantitative estimate of drug-likeness (QED) is 0.264. The second kappa shape index (κ2) is 12.7. The number of hydrogen-bond acceptors (Lipinski definition) is 5. The zero-order valence-electron chi connectivity index (χ0n) is 24.1. The van der Waals surface area contributed by atoms with Crippen LogP contribution in [-0.2, 0) is 13.6 Å². The van der Waals surface area contributed by atoms with Gasteiger partial charge in [0.05, 0.1) is 6.10 Å². The van der Waals surface area contributed by atoms with Gasteiger partial charge in [0.25, 0.3) is 0 Å². The highest BCUT2D eigenvalue weighted by molar-refractivity contribution is 7.99. The van der Waals surface area contributed by atoms with Crippen molar-refractivity contribution in [1.82, 2.24) is 0 Å². The molecule has 2 unspecified atom stereocenters. The Morgan fingerprint density at radius 1 is 0.697 bits per heavy atom. The molecule has 5 atom stereocenters. The van der Waals surface area contributed by atoms with E-state index in [-0.39, 0.29) is 23.7 Å². The van der Waals surface area contributed by atoms with Crippen LogP contribution in [0.1, 0.15) is 96.9 Å². The summed E-state index contributed by atoms with van der Waals surface area (Å²) in [6.07, 6.45) is -1.58. The zero-order valence-corrected chi connectivity index (χ0v) is 27.0. The van der Waals surface area contributed by atoms with Crippen LogP contribution in [0.25, 0.3) is 0 Å².